The second-order valence-corrected chi connectivity index (χ2v) is 12.3. The Labute approximate surface area is 226 Å². The second kappa shape index (κ2) is 10.7. The van der Waals surface area contributed by atoms with Crippen LogP contribution in [0.2, 0.25) is 0 Å². The largest absolute Gasteiger partial charge is 0.481 e. The molecule has 5 N–H and O–H groups in total. The van der Waals surface area contributed by atoms with Gasteiger partial charge >= 0.3 is 11.9 Å². The van der Waals surface area contributed by atoms with Gasteiger partial charge in [-0.25, -0.2) is 14.8 Å². The van der Waals surface area contributed by atoms with Crippen molar-refractivity contribution in [3.05, 3.63) is 32.9 Å². The standard InChI is InChI=1S/C20H20N6O7S4/c1-8-10(3-15(29)30)36-19(23-8)35-6-9-16(17(31)32)26-13(28)4-14(26)37-20(9,11-7-34-18(21)24-11)25-12(27)5-22-33-2/h5,7,14H,3-4,6H2,1-2H3,(H2,21,24)(H,25,27)(H,29,30)(H,31,32)/t14-,20?/m0/s1. The third-order valence-electron chi connectivity index (χ3n) is 5.36. The number of carbonyl (C=O) groups excluding carboxylic acids is 2. The van der Waals surface area contributed by atoms with Gasteiger partial charge in [0, 0.05) is 21.6 Å². The summed E-state index contributed by atoms with van der Waals surface area (Å²) in [4.78, 5) is 62.6. The summed E-state index contributed by atoms with van der Waals surface area (Å²) < 4.78 is 0.506. The first kappa shape index (κ1) is 26.9. The van der Waals surface area contributed by atoms with Gasteiger partial charge in [-0.2, -0.15) is 0 Å². The van der Waals surface area contributed by atoms with E-state index in [-0.39, 0.29) is 40.9 Å². The first-order valence-corrected chi connectivity index (χ1v) is 14.0. The van der Waals surface area contributed by atoms with Crippen LogP contribution in [0.1, 0.15) is 22.7 Å². The number of β-lactam (4-membered cyclic amide) rings is 1. The number of aliphatic carboxylic acids is 2. The number of carbonyl (C=O) groups is 4. The number of nitrogens with one attached hydrogen (secondary N) is 1. The Balaban J connectivity index is 1.82. The van der Waals surface area contributed by atoms with E-state index in [1.165, 1.54) is 35.1 Å². The van der Waals surface area contributed by atoms with Crippen molar-refractivity contribution < 1.29 is 34.2 Å². The Morgan fingerprint density at radius 1 is 1.41 bits per heavy atom. The SMILES string of the molecule is CON=CC(=O)NC1(c2csc(N)n2)S[C@H]2CC(=O)N2C(C(=O)O)=C1CSc1nc(C)c(CC(=O)O)s1. The number of hydrogen-bond acceptors (Lipinski definition) is 13. The normalized spacial score (nSPS) is 21.1. The maximum atomic E-state index is 12.8. The van der Waals surface area contributed by atoms with Crippen LogP contribution in [0, 0.1) is 6.92 Å². The highest BCUT2D eigenvalue weighted by Crippen LogP contribution is 2.55. The molecular weight excluding hydrogens is 565 g/mol. The van der Waals surface area contributed by atoms with Crippen molar-refractivity contribution >= 4 is 81.3 Å². The molecule has 1 saturated heterocycles. The third kappa shape index (κ3) is 5.29. The molecule has 17 heteroatoms. The fourth-order valence-electron chi connectivity index (χ4n) is 3.78. The van der Waals surface area contributed by atoms with Crippen molar-refractivity contribution in [2.45, 2.75) is 34.3 Å². The number of thioether (sulfide) groups is 2. The lowest BCUT2D eigenvalue weighted by Crippen LogP contribution is -2.61. The molecule has 0 bridgehead atoms. The molecule has 2 amide bonds. The summed E-state index contributed by atoms with van der Waals surface area (Å²) in [6.45, 7) is 1.69. The Morgan fingerprint density at radius 3 is 2.76 bits per heavy atom. The van der Waals surface area contributed by atoms with Crippen molar-refractivity contribution in [1.29, 1.82) is 0 Å². The monoisotopic (exact) mass is 584 g/mol. The van der Waals surface area contributed by atoms with Gasteiger partial charge in [-0.15, -0.1) is 22.7 Å². The zero-order valence-electron chi connectivity index (χ0n) is 19.3. The number of carboxylic acid groups (broad SMARTS) is 2. The average molecular weight is 585 g/mol. The zero-order valence-corrected chi connectivity index (χ0v) is 22.6. The van der Waals surface area contributed by atoms with E-state index in [1.807, 2.05) is 0 Å². The molecule has 1 fully saturated rings. The molecule has 0 radical (unpaired) electrons. The molecule has 2 atom stereocenters. The van der Waals surface area contributed by atoms with Gasteiger partial charge in [-0.1, -0.05) is 28.7 Å². The van der Waals surface area contributed by atoms with Crippen LogP contribution >= 0.6 is 46.2 Å². The lowest BCUT2D eigenvalue weighted by atomic mass is 9.98. The minimum Gasteiger partial charge on any atom is -0.481 e. The van der Waals surface area contributed by atoms with Gasteiger partial charge in [-0.3, -0.25) is 19.3 Å². The zero-order chi connectivity index (χ0) is 26.9. The molecule has 4 rings (SSSR count). The molecule has 0 aliphatic carbocycles. The Hall–Kier alpha value is -3.15. The first-order valence-electron chi connectivity index (χ1n) is 10.4. The van der Waals surface area contributed by atoms with Crippen LogP contribution in [0.5, 0.6) is 0 Å². The van der Waals surface area contributed by atoms with Gasteiger partial charge in [0.05, 0.1) is 29.6 Å². The smallest absolute Gasteiger partial charge is 0.352 e. The summed E-state index contributed by atoms with van der Waals surface area (Å²) in [6, 6.07) is 0. The quantitative estimate of drug-likeness (QED) is 0.136. The minimum absolute atomic E-state index is 0.0102. The van der Waals surface area contributed by atoms with Gasteiger partial charge in [0.2, 0.25) is 5.91 Å². The number of hydrogen-bond donors (Lipinski definition) is 4. The third-order valence-corrected chi connectivity index (χ3v) is 9.92. The topological polar surface area (TPSA) is 197 Å². The fourth-order valence-corrected chi connectivity index (χ4v) is 8.53. The lowest BCUT2D eigenvalue weighted by molar-refractivity contribution is -0.146. The molecule has 37 heavy (non-hydrogen) atoms. The van der Waals surface area contributed by atoms with Crippen LogP contribution in [0.4, 0.5) is 5.13 Å². The van der Waals surface area contributed by atoms with Crippen LogP contribution in [0.25, 0.3) is 0 Å². The average Bonchev–Trinajstić information content (AvgIpc) is 3.40. The van der Waals surface area contributed by atoms with E-state index in [9.17, 15) is 24.3 Å². The lowest BCUT2D eigenvalue weighted by Gasteiger charge is -2.51. The number of fused-ring (bicyclic) bond motifs is 1. The van der Waals surface area contributed by atoms with Crippen molar-refractivity contribution in [1.82, 2.24) is 20.2 Å². The predicted octanol–water partition coefficient (Wildman–Crippen LogP) is 1.45. The maximum absolute atomic E-state index is 12.8. The molecule has 1 unspecified atom stereocenters. The van der Waals surface area contributed by atoms with E-state index >= 15 is 0 Å². The van der Waals surface area contributed by atoms with E-state index in [2.05, 4.69) is 25.3 Å². The van der Waals surface area contributed by atoms with Crippen LogP contribution in [-0.4, -0.2) is 73.3 Å². The number of carboxylic acids is 2. The van der Waals surface area contributed by atoms with Gasteiger partial charge < -0.3 is 26.1 Å². The van der Waals surface area contributed by atoms with Gasteiger partial charge in [0.15, 0.2) is 14.3 Å². The summed E-state index contributed by atoms with van der Waals surface area (Å²) in [6.07, 6.45) is 0.795. The van der Waals surface area contributed by atoms with E-state index < -0.39 is 28.1 Å². The summed E-state index contributed by atoms with van der Waals surface area (Å²) in [5, 5.41) is 26.9. The highest BCUT2D eigenvalue weighted by Gasteiger charge is 2.56. The number of aromatic nitrogens is 2. The minimum atomic E-state index is -1.50. The van der Waals surface area contributed by atoms with Crippen LogP contribution in [0.15, 0.2) is 26.1 Å². The molecule has 2 aliphatic rings. The van der Waals surface area contributed by atoms with Crippen molar-refractivity contribution in [3.63, 3.8) is 0 Å². The summed E-state index contributed by atoms with van der Waals surface area (Å²) in [5.74, 6) is -3.39. The first-order chi connectivity index (χ1) is 17.6. The Morgan fingerprint density at radius 2 is 2.16 bits per heavy atom. The summed E-state index contributed by atoms with van der Waals surface area (Å²) in [5.41, 5.74) is 6.68. The van der Waals surface area contributed by atoms with E-state index in [1.54, 1.807) is 12.3 Å². The number of thiazole rings is 2. The van der Waals surface area contributed by atoms with E-state index in [0.29, 0.717) is 20.6 Å². The molecule has 0 saturated carbocycles. The summed E-state index contributed by atoms with van der Waals surface area (Å²) in [7, 11) is 1.27. The second-order valence-electron chi connectivity index (χ2n) is 7.68. The van der Waals surface area contributed by atoms with Crippen molar-refractivity contribution in [3.8, 4) is 0 Å². The molecule has 2 aliphatic heterocycles. The van der Waals surface area contributed by atoms with Crippen LogP contribution in [-0.2, 0) is 35.3 Å². The highest BCUT2D eigenvalue weighted by atomic mass is 32.2. The number of nitrogens with two attached hydrogens (primary N) is 1. The molecule has 2 aromatic rings. The van der Waals surface area contributed by atoms with Gasteiger partial charge in [-0.05, 0) is 6.92 Å². The molecule has 4 heterocycles. The number of rotatable bonds is 10. The Bertz CT molecular complexity index is 1340. The van der Waals surface area contributed by atoms with E-state index in [0.717, 1.165) is 29.3 Å². The molecular formula is C20H20N6O7S4. The molecule has 0 aromatic carbocycles. The number of nitrogen functional groups attached to an aromatic ring is 1. The Kier molecular flexibility index (Phi) is 7.77. The number of amides is 2. The van der Waals surface area contributed by atoms with E-state index in [4.69, 9.17) is 10.8 Å². The number of oxime groups is 1. The number of nitrogens with zero attached hydrogens (tertiary/aromatic N) is 4. The molecule has 196 valence electrons. The van der Waals surface area contributed by atoms with Crippen molar-refractivity contribution in [2.24, 2.45) is 5.16 Å². The molecule has 13 nitrogen and oxygen atoms in total. The van der Waals surface area contributed by atoms with Crippen molar-refractivity contribution in [2.75, 3.05) is 18.6 Å². The van der Waals surface area contributed by atoms with Gasteiger partial charge in [0.1, 0.15) is 19.0 Å². The number of aryl methyl sites for hydroxylation is 1. The summed E-state index contributed by atoms with van der Waals surface area (Å²) >= 11 is 4.64. The molecule has 2 aromatic heterocycles. The highest BCUT2D eigenvalue weighted by molar-refractivity contribution is 8.02. The fraction of sp³-hybridized carbons (Fsp3) is 0.350. The number of anilines is 1. The van der Waals surface area contributed by atoms with Gasteiger partial charge in [0.25, 0.3) is 5.91 Å². The molecule has 0 spiro atoms. The maximum Gasteiger partial charge on any atom is 0.352 e. The van der Waals surface area contributed by atoms with Crippen LogP contribution < -0.4 is 11.1 Å². The van der Waals surface area contributed by atoms with Crippen LogP contribution in [0.3, 0.4) is 0 Å². The predicted molar refractivity (Wildman–Crippen MR) is 138 cm³/mol.